The van der Waals surface area contributed by atoms with Gasteiger partial charge in [-0.3, -0.25) is 34.1 Å². The molecule has 9 rings (SSSR count). The zero-order valence-corrected chi connectivity index (χ0v) is 25.8. The first kappa shape index (κ1) is 28.1. The largest absolute Gasteiger partial charge is 0.297 e. The second kappa shape index (κ2) is 10.9. The molecule has 230 valence electrons. The van der Waals surface area contributed by atoms with Crippen molar-refractivity contribution in [2.24, 2.45) is 17.8 Å². The number of carbonyl (C=O) groups is 2. The molecule has 4 aliphatic carbocycles. The summed E-state index contributed by atoms with van der Waals surface area (Å²) in [5, 5.41) is 2.96. The molecule has 1 unspecified atom stereocenters. The summed E-state index contributed by atoms with van der Waals surface area (Å²) in [6.45, 7) is 7.24. The number of fused-ring (bicyclic) bond motifs is 1. The lowest BCUT2D eigenvalue weighted by atomic mass is 9.48. The van der Waals surface area contributed by atoms with Gasteiger partial charge in [0.1, 0.15) is 11.9 Å². The Morgan fingerprint density at radius 2 is 1.48 bits per heavy atom. The first-order valence-electron chi connectivity index (χ1n) is 16.7. The van der Waals surface area contributed by atoms with E-state index in [0.717, 1.165) is 56.0 Å². The van der Waals surface area contributed by atoms with Crippen molar-refractivity contribution in [3.63, 3.8) is 0 Å². The van der Waals surface area contributed by atoms with E-state index in [-0.39, 0.29) is 17.9 Å². The fourth-order valence-electron chi connectivity index (χ4n) is 9.88. The lowest BCUT2D eigenvalue weighted by Crippen LogP contribution is -2.48. The van der Waals surface area contributed by atoms with Gasteiger partial charge in [0.2, 0.25) is 11.8 Å². The fourth-order valence-corrected chi connectivity index (χ4v) is 9.88. The van der Waals surface area contributed by atoms with Crippen LogP contribution in [0.1, 0.15) is 79.9 Å². The summed E-state index contributed by atoms with van der Waals surface area (Å²) >= 11 is 0. The van der Waals surface area contributed by atoms with Crippen molar-refractivity contribution in [1.82, 2.24) is 24.7 Å². The van der Waals surface area contributed by atoms with Gasteiger partial charge in [0, 0.05) is 45.7 Å². The van der Waals surface area contributed by atoms with Gasteiger partial charge in [-0.15, -0.1) is 0 Å². The van der Waals surface area contributed by atoms with Crippen LogP contribution in [0.5, 0.6) is 0 Å². The number of rotatable bonds is 6. The molecule has 3 heterocycles. The molecule has 4 bridgehead atoms. The van der Waals surface area contributed by atoms with E-state index in [1.165, 1.54) is 48.7 Å². The number of carbonyl (C=O) groups excluding carboxylic acids is 2. The Balaban J connectivity index is 0.929. The van der Waals surface area contributed by atoms with Crippen LogP contribution < -0.4 is 10.9 Å². The molecule has 1 aromatic heterocycles. The minimum Gasteiger partial charge on any atom is -0.297 e. The van der Waals surface area contributed by atoms with Gasteiger partial charge < -0.3 is 0 Å². The molecule has 1 N–H and O–H groups in total. The lowest BCUT2D eigenvalue weighted by molar-refractivity contribution is -0.135. The van der Waals surface area contributed by atoms with Crippen LogP contribution in [0.3, 0.4) is 0 Å². The molecule has 4 saturated carbocycles. The van der Waals surface area contributed by atoms with Crippen molar-refractivity contribution in [3.8, 4) is 0 Å². The number of hydrogen-bond donors (Lipinski definition) is 1. The molecule has 2 aliphatic heterocycles. The highest BCUT2D eigenvalue weighted by molar-refractivity contribution is 5.99. The molecule has 3 aromatic rings. The smallest absolute Gasteiger partial charge is 0.262 e. The Morgan fingerprint density at radius 1 is 0.841 bits per heavy atom. The van der Waals surface area contributed by atoms with E-state index in [2.05, 4.69) is 39.4 Å². The van der Waals surface area contributed by atoms with Crippen molar-refractivity contribution in [3.05, 3.63) is 75.3 Å². The Labute approximate surface area is 258 Å². The van der Waals surface area contributed by atoms with Crippen LogP contribution in [0, 0.1) is 24.7 Å². The predicted molar refractivity (Wildman–Crippen MR) is 169 cm³/mol. The molecular formula is C36H43N5O3. The number of hydrogen-bond acceptors (Lipinski definition) is 6. The number of piperazine rings is 1. The highest BCUT2D eigenvalue weighted by Gasteiger charge is 2.51. The minimum absolute atomic E-state index is 0.201. The molecule has 2 aromatic carbocycles. The number of nitrogens with one attached hydrogen (secondary N) is 1. The number of nitrogens with zero attached hydrogens (tertiary/aromatic N) is 4. The summed E-state index contributed by atoms with van der Waals surface area (Å²) in [6.07, 6.45) is 9.24. The molecule has 0 radical (unpaired) electrons. The maximum Gasteiger partial charge on any atom is 0.262 e. The monoisotopic (exact) mass is 593 g/mol. The highest BCUT2D eigenvalue weighted by Crippen LogP contribution is 2.60. The summed E-state index contributed by atoms with van der Waals surface area (Å²) in [6, 6.07) is 14.8. The van der Waals surface area contributed by atoms with E-state index in [9.17, 15) is 14.4 Å². The topological polar surface area (TPSA) is 87.5 Å². The van der Waals surface area contributed by atoms with Crippen LogP contribution in [0.15, 0.2) is 47.3 Å². The zero-order chi connectivity index (χ0) is 30.0. The third-order valence-electron chi connectivity index (χ3n) is 11.6. The van der Waals surface area contributed by atoms with E-state index in [0.29, 0.717) is 35.1 Å². The van der Waals surface area contributed by atoms with E-state index >= 15 is 0 Å². The van der Waals surface area contributed by atoms with Crippen LogP contribution >= 0.6 is 0 Å². The summed E-state index contributed by atoms with van der Waals surface area (Å²) in [5.41, 5.74) is 4.85. The number of benzene rings is 2. The standard InChI is InChI=1S/C36H43N5O3/c1-23-37-30-4-2-3-28(33(30)35(44)41(23)31-9-10-32(42)38-34(31)43)22-40-13-11-39(12-14-40)21-24-5-7-29(8-6-24)36-18-25-15-26(19-36)17-27(16-25)20-36/h2-8,25-27,31H,9-22H2,1H3,(H,38,42,43). The van der Waals surface area contributed by atoms with Gasteiger partial charge in [0.15, 0.2) is 0 Å². The maximum atomic E-state index is 13.8. The first-order chi connectivity index (χ1) is 21.3. The van der Waals surface area contributed by atoms with Gasteiger partial charge in [-0.05, 0) is 97.8 Å². The van der Waals surface area contributed by atoms with E-state index in [1.54, 1.807) is 12.5 Å². The minimum atomic E-state index is -0.713. The van der Waals surface area contributed by atoms with Crippen LogP contribution in [0.2, 0.25) is 0 Å². The van der Waals surface area contributed by atoms with Crippen molar-refractivity contribution in [1.29, 1.82) is 0 Å². The van der Waals surface area contributed by atoms with Crippen LogP contribution in [0.4, 0.5) is 0 Å². The summed E-state index contributed by atoms with van der Waals surface area (Å²) < 4.78 is 1.49. The molecule has 6 fully saturated rings. The van der Waals surface area contributed by atoms with Crippen molar-refractivity contribution in [2.45, 2.75) is 82.8 Å². The predicted octanol–water partition coefficient (Wildman–Crippen LogP) is 4.47. The van der Waals surface area contributed by atoms with E-state index in [4.69, 9.17) is 4.98 Å². The van der Waals surface area contributed by atoms with Gasteiger partial charge in [-0.25, -0.2) is 4.98 Å². The molecular weight excluding hydrogens is 550 g/mol. The zero-order valence-electron chi connectivity index (χ0n) is 25.8. The number of amides is 2. The Bertz CT molecular complexity index is 1630. The molecule has 2 amide bonds. The molecule has 0 spiro atoms. The van der Waals surface area contributed by atoms with Crippen LogP contribution in [-0.2, 0) is 28.1 Å². The Morgan fingerprint density at radius 3 is 2.11 bits per heavy atom. The van der Waals surface area contributed by atoms with Gasteiger partial charge in [0.05, 0.1) is 10.9 Å². The second-order valence-electron chi connectivity index (χ2n) is 14.6. The van der Waals surface area contributed by atoms with Gasteiger partial charge in [0.25, 0.3) is 5.56 Å². The number of aromatic nitrogens is 2. The van der Waals surface area contributed by atoms with Gasteiger partial charge in [-0.2, -0.15) is 0 Å². The van der Waals surface area contributed by atoms with Gasteiger partial charge >= 0.3 is 0 Å². The van der Waals surface area contributed by atoms with Crippen molar-refractivity contribution >= 4 is 22.7 Å². The molecule has 1 atom stereocenters. The van der Waals surface area contributed by atoms with Crippen molar-refractivity contribution in [2.75, 3.05) is 26.2 Å². The Hall–Kier alpha value is -3.36. The van der Waals surface area contributed by atoms with Crippen LogP contribution in [0.25, 0.3) is 10.9 Å². The third kappa shape index (κ3) is 5.00. The molecule has 6 aliphatic rings. The lowest BCUT2D eigenvalue weighted by Gasteiger charge is -2.57. The average Bonchev–Trinajstić information content (AvgIpc) is 2.99. The number of piperidine rings is 1. The fraction of sp³-hybridized carbons (Fsp3) is 0.556. The summed E-state index contributed by atoms with van der Waals surface area (Å²) in [7, 11) is 0. The quantitative estimate of drug-likeness (QED) is 0.425. The Kier molecular flexibility index (Phi) is 6.98. The maximum absolute atomic E-state index is 13.8. The summed E-state index contributed by atoms with van der Waals surface area (Å²) in [4.78, 5) is 47.8. The molecule has 8 nitrogen and oxygen atoms in total. The third-order valence-corrected chi connectivity index (χ3v) is 11.6. The highest BCUT2D eigenvalue weighted by atomic mass is 16.2. The average molecular weight is 594 g/mol. The number of imide groups is 1. The van der Waals surface area contributed by atoms with Crippen molar-refractivity contribution < 1.29 is 9.59 Å². The first-order valence-corrected chi connectivity index (χ1v) is 16.7. The molecule has 44 heavy (non-hydrogen) atoms. The molecule has 2 saturated heterocycles. The normalized spacial score (nSPS) is 30.7. The van der Waals surface area contributed by atoms with Crippen LogP contribution in [-0.4, -0.2) is 57.3 Å². The second-order valence-corrected chi connectivity index (χ2v) is 14.6. The number of aryl methyl sites for hydroxylation is 1. The van der Waals surface area contributed by atoms with E-state index < -0.39 is 11.9 Å². The van der Waals surface area contributed by atoms with Gasteiger partial charge in [-0.1, -0.05) is 36.4 Å². The summed E-state index contributed by atoms with van der Waals surface area (Å²) in [5.74, 6) is 2.69. The van der Waals surface area contributed by atoms with E-state index in [1.807, 2.05) is 18.2 Å². The molecule has 8 heteroatoms. The SMILES string of the molecule is Cc1nc2cccc(CN3CCN(Cc4ccc(C56CC7CC(CC(C7)C5)C6)cc4)CC3)c2c(=O)n1C1CCC(=O)NC1=O.